The first-order chi connectivity index (χ1) is 7.09. The maximum absolute atomic E-state index is 11.5. The smallest absolute Gasteiger partial charge is 0.271 e. The molecule has 0 aliphatic carbocycles. The van der Waals surface area contributed by atoms with E-state index in [2.05, 4.69) is 29.1 Å². The largest absolute Gasteiger partial charge is 0.351 e. The van der Waals surface area contributed by atoms with Crippen LogP contribution in [0.1, 0.15) is 30.8 Å². The zero-order chi connectivity index (χ0) is 11.3. The number of amides is 1. The van der Waals surface area contributed by atoms with Crippen LogP contribution in [0.25, 0.3) is 0 Å². The Kier molecular flexibility index (Phi) is 4.49. The third kappa shape index (κ3) is 4.25. The number of nitrogens with one attached hydrogen (secondary N) is 1. The molecule has 0 aliphatic heterocycles. The molecule has 0 radical (unpaired) electrons. The van der Waals surface area contributed by atoms with Crippen LogP contribution in [0.4, 0.5) is 0 Å². The molecule has 0 spiro atoms. The number of aromatic nitrogens is 2. The first-order valence-electron chi connectivity index (χ1n) is 4.85. The molecule has 0 bridgehead atoms. The van der Waals surface area contributed by atoms with E-state index in [9.17, 15) is 4.79 Å². The van der Waals surface area contributed by atoms with Gasteiger partial charge in [-0.05, 0) is 12.3 Å². The molecule has 0 unspecified atom stereocenters. The zero-order valence-corrected chi connectivity index (χ0v) is 9.58. The van der Waals surface area contributed by atoms with Gasteiger partial charge in [0.1, 0.15) is 10.8 Å². The van der Waals surface area contributed by atoms with Crippen molar-refractivity contribution in [1.82, 2.24) is 15.3 Å². The second-order valence-electron chi connectivity index (χ2n) is 3.67. The standard InChI is InChI=1S/C10H14ClN3O/c1-7(2)3-4-13-10(15)8-5-12-6-9(11)14-8/h5-7H,3-4H2,1-2H3,(H,13,15). The first-order valence-corrected chi connectivity index (χ1v) is 5.23. The van der Waals surface area contributed by atoms with E-state index in [1.807, 2.05) is 0 Å². The maximum Gasteiger partial charge on any atom is 0.271 e. The Labute approximate surface area is 94.1 Å². The molecule has 1 rings (SSSR count). The molecular formula is C10H14ClN3O. The predicted octanol–water partition coefficient (Wildman–Crippen LogP) is 1.91. The molecule has 1 heterocycles. The van der Waals surface area contributed by atoms with E-state index in [4.69, 9.17) is 11.6 Å². The Hall–Kier alpha value is -1.16. The fraction of sp³-hybridized carbons (Fsp3) is 0.500. The zero-order valence-electron chi connectivity index (χ0n) is 8.83. The van der Waals surface area contributed by atoms with Crippen molar-refractivity contribution in [3.63, 3.8) is 0 Å². The quantitative estimate of drug-likeness (QED) is 0.855. The predicted molar refractivity (Wildman–Crippen MR) is 58.8 cm³/mol. The van der Waals surface area contributed by atoms with Gasteiger partial charge in [-0.1, -0.05) is 25.4 Å². The molecule has 5 heteroatoms. The van der Waals surface area contributed by atoms with Crippen molar-refractivity contribution >= 4 is 17.5 Å². The van der Waals surface area contributed by atoms with Gasteiger partial charge in [0.25, 0.3) is 5.91 Å². The van der Waals surface area contributed by atoms with Crippen LogP contribution in [0.3, 0.4) is 0 Å². The van der Waals surface area contributed by atoms with Crippen molar-refractivity contribution in [1.29, 1.82) is 0 Å². The van der Waals surface area contributed by atoms with Crippen molar-refractivity contribution in [2.45, 2.75) is 20.3 Å². The van der Waals surface area contributed by atoms with Crippen molar-refractivity contribution in [2.24, 2.45) is 5.92 Å². The summed E-state index contributed by atoms with van der Waals surface area (Å²) in [5, 5.41) is 2.99. The highest BCUT2D eigenvalue weighted by Gasteiger charge is 2.07. The lowest BCUT2D eigenvalue weighted by Gasteiger charge is -2.06. The van der Waals surface area contributed by atoms with Crippen molar-refractivity contribution in [3.8, 4) is 0 Å². The molecule has 0 saturated carbocycles. The average molecular weight is 228 g/mol. The highest BCUT2D eigenvalue weighted by Crippen LogP contribution is 2.02. The highest BCUT2D eigenvalue weighted by molar-refractivity contribution is 6.29. The number of rotatable bonds is 4. The van der Waals surface area contributed by atoms with E-state index < -0.39 is 0 Å². The summed E-state index contributed by atoms with van der Waals surface area (Å²) < 4.78 is 0. The molecule has 4 nitrogen and oxygen atoms in total. The lowest BCUT2D eigenvalue weighted by molar-refractivity contribution is 0.0946. The topological polar surface area (TPSA) is 54.9 Å². The van der Waals surface area contributed by atoms with Crippen LogP contribution in [0, 0.1) is 5.92 Å². The van der Waals surface area contributed by atoms with Crippen LogP contribution in [0.2, 0.25) is 5.15 Å². The van der Waals surface area contributed by atoms with E-state index in [0.29, 0.717) is 12.5 Å². The summed E-state index contributed by atoms with van der Waals surface area (Å²) in [5.74, 6) is 0.335. The minimum atomic E-state index is -0.231. The second kappa shape index (κ2) is 5.66. The van der Waals surface area contributed by atoms with Crippen molar-refractivity contribution < 1.29 is 4.79 Å². The molecular weight excluding hydrogens is 214 g/mol. The Balaban J connectivity index is 2.47. The monoisotopic (exact) mass is 227 g/mol. The number of nitrogens with zero attached hydrogens (tertiary/aromatic N) is 2. The Morgan fingerprint density at radius 3 is 2.87 bits per heavy atom. The summed E-state index contributed by atoms with van der Waals surface area (Å²) in [6, 6.07) is 0. The minimum absolute atomic E-state index is 0.228. The second-order valence-corrected chi connectivity index (χ2v) is 4.05. The van der Waals surface area contributed by atoms with Crippen LogP contribution >= 0.6 is 11.6 Å². The molecule has 1 N–H and O–H groups in total. The third-order valence-corrected chi connectivity index (χ3v) is 2.03. The van der Waals surface area contributed by atoms with Gasteiger partial charge in [-0.25, -0.2) is 4.98 Å². The van der Waals surface area contributed by atoms with E-state index in [-0.39, 0.29) is 16.8 Å². The normalized spacial score (nSPS) is 10.4. The molecule has 0 atom stereocenters. The van der Waals surface area contributed by atoms with E-state index in [0.717, 1.165) is 6.42 Å². The third-order valence-electron chi connectivity index (χ3n) is 1.85. The fourth-order valence-corrected chi connectivity index (χ4v) is 1.16. The molecule has 0 aromatic carbocycles. The summed E-state index contributed by atoms with van der Waals surface area (Å²) >= 11 is 5.62. The maximum atomic E-state index is 11.5. The molecule has 0 saturated heterocycles. The summed E-state index contributed by atoms with van der Waals surface area (Å²) in [6.45, 7) is 4.85. The average Bonchev–Trinajstić information content (AvgIpc) is 2.17. The molecule has 82 valence electrons. The summed E-state index contributed by atoms with van der Waals surface area (Å²) in [5.41, 5.74) is 0.256. The van der Waals surface area contributed by atoms with Gasteiger partial charge >= 0.3 is 0 Å². The Morgan fingerprint density at radius 1 is 1.53 bits per heavy atom. The highest BCUT2D eigenvalue weighted by atomic mass is 35.5. The molecule has 1 aromatic heterocycles. The van der Waals surface area contributed by atoms with Crippen LogP contribution in [-0.4, -0.2) is 22.4 Å². The van der Waals surface area contributed by atoms with Crippen LogP contribution in [0.15, 0.2) is 12.4 Å². The van der Waals surface area contributed by atoms with E-state index in [1.54, 1.807) is 0 Å². The van der Waals surface area contributed by atoms with Crippen LogP contribution in [0.5, 0.6) is 0 Å². The van der Waals surface area contributed by atoms with E-state index in [1.165, 1.54) is 12.4 Å². The fourth-order valence-electron chi connectivity index (χ4n) is 1.02. The van der Waals surface area contributed by atoms with Gasteiger partial charge < -0.3 is 5.32 Å². The number of carbonyl (C=O) groups is 1. The molecule has 0 fully saturated rings. The van der Waals surface area contributed by atoms with Crippen molar-refractivity contribution in [3.05, 3.63) is 23.2 Å². The van der Waals surface area contributed by atoms with Gasteiger partial charge in [0, 0.05) is 6.54 Å². The molecule has 15 heavy (non-hydrogen) atoms. The minimum Gasteiger partial charge on any atom is -0.351 e. The summed E-state index contributed by atoms with van der Waals surface area (Å²) in [4.78, 5) is 19.2. The SMILES string of the molecule is CC(C)CCNC(=O)c1cncc(Cl)n1. The van der Waals surface area contributed by atoms with E-state index >= 15 is 0 Å². The number of hydrogen-bond donors (Lipinski definition) is 1. The number of halogens is 1. The summed E-state index contributed by atoms with van der Waals surface area (Å²) in [7, 11) is 0. The van der Waals surface area contributed by atoms with Gasteiger partial charge in [-0.2, -0.15) is 0 Å². The molecule has 0 aliphatic rings. The van der Waals surface area contributed by atoms with Crippen molar-refractivity contribution in [2.75, 3.05) is 6.54 Å². The van der Waals surface area contributed by atoms with Gasteiger partial charge in [-0.3, -0.25) is 9.78 Å². The molecule has 1 amide bonds. The number of carbonyl (C=O) groups excluding carboxylic acids is 1. The van der Waals surface area contributed by atoms with Gasteiger partial charge in [0.15, 0.2) is 0 Å². The lowest BCUT2D eigenvalue weighted by Crippen LogP contribution is -2.26. The van der Waals surface area contributed by atoms with Gasteiger partial charge in [0.2, 0.25) is 0 Å². The Bertz CT molecular complexity index is 341. The van der Waals surface area contributed by atoms with Gasteiger partial charge in [-0.15, -0.1) is 0 Å². The first kappa shape index (κ1) is 11.9. The van der Waals surface area contributed by atoms with Crippen LogP contribution in [-0.2, 0) is 0 Å². The Morgan fingerprint density at radius 2 is 2.27 bits per heavy atom. The molecule has 1 aromatic rings. The summed E-state index contributed by atoms with van der Waals surface area (Å²) in [6.07, 6.45) is 3.74. The lowest BCUT2D eigenvalue weighted by atomic mass is 10.1. The van der Waals surface area contributed by atoms with Gasteiger partial charge in [0.05, 0.1) is 12.4 Å². The van der Waals surface area contributed by atoms with Crippen LogP contribution < -0.4 is 5.32 Å². The number of hydrogen-bond acceptors (Lipinski definition) is 3.